The van der Waals surface area contributed by atoms with Gasteiger partial charge in [0.25, 0.3) is 0 Å². The van der Waals surface area contributed by atoms with Crippen LogP contribution in [0.15, 0.2) is 0 Å². The normalized spacial score (nSPS) is 10.6. The predicted octanol–water partition coefficient (Wildman–Crippen LogP) is 0.908. The zero-order valence-corrected chi connectivity index (χ0v) is 9.41. The van der Waals surface area contributed by atoms with E-state index in [9.17, 15) is 4.79 Å². The third kappa shape index (κ3) is 6.86. The number of nitrogens with zero attached hydrogens (tertiary/aromatic N) is 1. The van der Waals surface area contributed by atoms with E-state index in [0.29, 0.717) is 6.42 Å². The summed E-state index contributed by atoms with van der Waals surface area (Å²) in [6, 6.07) is 0. The summed E-state index contributed by atoms with van der Waals surface area (Å²) in [7, 11) is 3.12. The molecule has 0 amide bonds. The molecule has 0 spiro atoms. The fraction of sp³-hybridized carbons (Fsp3) is 0.900. The zero-order valence-electron chi connectivity index (χ0n) is 9.41. The van der Waals surface area contributed by atoms with Gasteiger partial charge in [0.2, 0.25) is 0 Å². The lowest BCUT2D eigenvalue weighted by Gasteiger charge is -2.19. The fourth-order valence-electron chi connectivity index (χ4n) is 1.20. The van der Waals surface area contributed by atoms with Crippen LogP contribution in [0.4, 0.5) is 0 Å². The van der Waals surface area contributed by atoms with Crippen LogP contribution in [0.1, 0.15) is 19.8 Å². The molecule has 0 atom stereocenters. The molecule has 0 aromatic heterocycles. The second kappa shape index (κ2) is 8.97. The molecule has 0 unspecified atom stereocenters. The highest BCUT2D eigenvalue weighted by molar-refractivity contribution is 5.69. The molecule has 0 aliphatic carbocycles. The number of ether oxygens (including phenoxy) is 2. The van der Waals surface area contributed by atoms with E-state index in [0.717, 1.165) is 32.7 Å². The van der Waals surface area contributed by atoms with E-state index in [2.05, 4.69) is 16.6 Å². The minimum absolute atomic E-state index is 0.132. The highest BCUT2D eigenvalue weighted by atomic mass is 16.5. The Morgan fingerprint density at radius 3 is 2.50 bits per heavy atom. The van der Waals surface area contributed by atoms with Crippen molar-refractivity contribution in [2.75, 3.05) is 40.5 Å². The quantitative estimate of drug-likeness (QED) is 0.550. The molecule has 0 rings (SSSR count). The van der Waals surface area contributed by atoms with Crippen molar-refractivity contribution in [1.82, 2.24) is 4.90 Å². The number of hydrogen-bond acceptors (Lipinski definition) is 4. The molecular weight excluding hydrogens is 182 g/mol. The Balaban J connectivity index is 3.46. The van der Waals surface area contributed by atoms with Gasteiger partial charge < -0.3 is 14.4 Å². The maximum atomic E-state index is 10.8. The van der Waals surface area contributed by atoms with Crippen molar-refractivity contribution in [3.8, 4) is 0 Å². The molecule has 0 bridgehead atoms. The molecule has 0 saturated carbocycles. The van der Waals surface area contributed by atoms with Crippen molar-refractivity contribution in [2.24, 2.45) is 0 Å². The van der Waals surface area contributed by atoms with E-state index in [1.807, 2.05) is 0 Å². The molecule has 84 valence electrons. The van der Waals surface area contributed by atoms with Crippen molar-refractivity contribution in [3.63, 3.8) is 0 Å². The van der Waals surface area contributed by atoms with Crippen LogP contribution >= 0.6 is 0 Å². The zero-order chi connectivity index (χ0) is 10.8. The Hall–Kier alpha value is -0.610. The van der Waals surface area contributed by atoms with Crippen LogP contribution in [0.3, 0.4) is 0 Å². The van der Waals surface area contributed by atoms with Gasteiger partial charge in [0, 0.05) is 20.1 Å². The summed E-state index contributed by atoms with van der Waals surface area (Å²) in [5, 5.41) is 0. The van der Waals surface area contributed by atoms with E-state index in [1.165, 1.54) is 7.11 Å². The number of methoxy groups -OCH3 is 2. The van der Waals surface area contributed by atoms with Crippen LogP contribution in [-0.2, 0) is 14.3 Å². The Labute approximate surface area is 86.2 Å². The van der Waals surface area contributed by atoms with Gasteiger partial charge in [0.05, 0.1) is 13.7 Å². The first-order valence-electron chi connectivity index (χ1n) is 5.02. The Kier molecular flexibility index (Phi) is 8.57. The van der Waals surface area contributed by atoms with Crippen LogP contribution in [0.5, 0.6) is 0 Å². The molecule has 4 heteroatoms. The van der Waals surface area contributed by atoms with Crippen LogP contribution < -0.4 is 0 Å². The number of carbonyl (C=O) groups excluding carboxylic acids is 1. The van der Waals surface area contributed by atoms with Crippen molar-refractivity contribution >= 4 is 5.97 Å². The maximum absolute atomic E-state index is 10.8. The van der Waals surface area contributed by atoms with Gasteiger partial charge in [0.1, 0.15) is 0 Å². The second-order valence-corrected chi connectivity index (χ2v) is 3.11. The number of hydrogen-bond donors (Lipinski definition) is 0. The largest absolute Gasteiger partial charge is 0.469 e. The summed E-state index contributed by atoms with van der Waals surface area (Å²) in [6.07, 6.45) is 1.35. The fourth-order valence-corrected chi connectivity index (χ4v) is 1.20. The van der Waals surface area contributed by atoms with Gasteiger partial charge in [0.15, 0.2) is 0 Å². The molecule has 0 saturated heterocycles. The molecule has 0 heterocycles. The summed E-state index contributed by atoms with van der Waals surface area (Å²) in [6.45, 7) is 5.69. The monoisotopic (exact) mass is 203 g/mol. The Morgan fingerprint density at radius 1 is 1.29 bits per heavy atom. The van der Waals surface area contributed by atoms with E-state index >= 15 is 0 Å². The molecule has 4 nitrogen and oxygen atoms in total. The molecule has 0 aromatic carbocycles. The van der Waals surface area contributed by atoms with Gasteiger partial charge in [-0.1, -0.05) is 6.92 Å². The highest BCUT2D eigenvalue weighted by Gasteiger charge is 2.04. The average molecular weight is 203 g/mol. The predicted molar refractivity (Wildman–Crippen MR) is 55.2 cm³/mol. The lowest BCUT2D eigenvalue weighted by molar-refractivity contribution is -0.140. The van der Waals surface area contributed by atoms with E-state index in [1.54, 1.807) is 7.11 Å². The summed E-state index contributed by atoms with van der Waals surface area (Å²) in [5.41, 5.74) is 0. The molecule has 0 aliphatic heterocycles. The molecule has 0 N–H and O–H groups in total. The SMILES string of the molecule is CCN(CCCC(=O)OC)CCOC. The van der Waals surface area contributed by atoms with Crippen LogP contribution in [-0.4, -0.2) is 51.3 Å². The number of carbonyl (C=O) groups is 1. The molecule has 0 radical (unpaired) electrons. The van der Waals surface area contributed by atoms with E-state index < -0.39 is 0 Å². The lowest BCUT2D eigenvalue weighted by Crippen LogP contribution is -2.28. The topological polar surface area (TPSA) is 38.8 Å². The van der Waals surface area contributed by atoms with Crippen LogP contribution in [0, 0.1) is 0 Å². The summed E-state index contributed by atoms with van der Waals surface area (Å²) >= 11 is 0. The standard InChI is InChI=1S/C10H21NO3/c1-4-11(8-9-13-2)7-5-6-10(12)14-3/h4-9H2,1-3H3. The Bertz CT molecular complexity index is 150. The third-order valence-corrected chi connectivity index (χ3v) is 2.14. The van der Waals surface area contributed by atoms with Gasteiger partial charge in [-0.15, -0.1) is 0 Å². The molecule has 0 aromatic rings. The lowest BCUT2D eigenvalue weighted by atomic mass is 10.3. The smallest absolute Gasteiger partial charge is 0.305 e. The first-order valence-corrected chi connectivity index (χ1v) is 5.02. The van der Waals surface area contributed by atoms with Gasteiger partial charge >= 0.3 is 5.97 Å². The van der Waals surface area contributed by atoms with Gasteiger partial charge in [-0.2, -0.15) is 0 Å². The first kappa shape index (κ1) is 13.4. The van der Waals surface area contributed by atoms with E-state index in [4.69, 9.17) is 4.74 Å². The number of likely N-dealkylation sites (N-methyl/N-ethyl adjacent to an activating group) is 1. The van der Waals surface area contributed by atoms with Gasteiger partial charge in [-0.3, -0.25) is 4.79 Å². The molecule has 14 heavy (non-hydrogen) atoms. The van der Waals surface area contributed by atoms with Crippen molar-refractivity contribution < 1.29 is 14.3 Å². The summed E-state index contributed by atoms with van der Waals surface area (Å²) in [5.74, 6) is -0.132. The minimum atomic E-state index is -0.132. The van der Waals surface area contributed by atoms with Crippen molar-refractivity contribution in [2.45, 2.75) is 19.8 Å². The molecule has 0 aliphatic rings. The Morgan fingerprint density at radius 2 is 2.00 bits per heavy atom. The van der Waals surface area contributed by atoms with Crippen molar-refractivity contribution in [1.29, 1.82) is 0 Å². The molecular formula is C10H21NO3. The van der Waals surface area contributed by atoms with Crippen molar-refractivity contribution in [3.05, 3.63) is 0 Å². The maximum Gasteiger partial charge on any atom is 0.305 e. The van der Waals surface area contributed by atoms with Crippen LogP contribution in [0.2, 0.25) is 0 Å². The average Bonchev–Trinajstić information content (AvgIpc) is 2.22. The highest BCUT2D eigenvalue weighted by Crippen LogP contribution is 1.96. The first-order chi connectivity index (χ1) is 6.74. The summed E-state index contributed by atoms with van der Waals surface area (Å²) in [4.78, 5) is 13.1. The van der Waals surface area contributed by atoms with E-state index in [-0.39, 0.29) is 5.97 Å². The number of esters is 1. The van der Waals surface area contributed by atoms with Gasteiger partial charge in [-0.25, -0.2) is 0 Å². The minimum Gasteiger partial charge on any atom is -0.469 e. The van der Waals surface area contributed by atoms with Gasteiger partial charge in [-0.05, 0) is 19.5 Å². The van der Waals surface area contributed by atoms with Crippen LogP contribution in [0.25, 0.3) is 0 Å². The second-order valence-electron chi connectivity index (χ2n) is 3.11. The number of rotatable bonds is 8. The third-order valence-electron chi connectivity index (χ3n) is 2.14. The molecule has 0 fully saturated rings. The summed E-state index contributed by atoms with van der Waals surface area (Å²) < 4.78 is 9.55.